The van der Waals surface area contributed by atoms with Gasteiger partial charge in [-0.05, 0) is 202 Å². The molecule has 17 rings (SSSR count). The van der Waals surface area contributed by atoms with E-state index in [0.717, 1.165) is 0 Å². The predicted molar refractivity (Wildman–Crippen MR) is 349 cm³/mol. The molecule has 15 aromatic rings. The minimum absolute atomic E-state index is 1.20. The van der Waals surface area contributed by atoms with Gasteiger partial charge in [0.2, 0.25) is 0 Å². The molecule has 0 aliphatic heterocycles. The minimum atomic E-state index is 1.20. The normalized spacial score (nSPS) is 12.0. The van der Waals surface area contributed by atoms with Crippen LogP contribution in [0.1, 0.15) is 11.1 Å². The lowest BCUT2D eigenvalue weighted by molar-refractivity contribution is 1.45. The summed E-state index contributed by atoms with van der Waals surface area (Å²) in [6, 6.07) is 105. The molecule has 0 nitrogen and oxygen atoms in total. The summed E-state index contributed by atoms with van der Waals surface area (Å²) in [6.45, 7) is 4.56. The van der Waals surface area contributed by atoms with Gasteiger partial charge in [0, 0.05) is 0 Å². The van der Waals surface area contributed by atoms with Gasteiger partial charge in [-0.3, -0.25) is 0 Å². The van der Waals surface area contributed by atoms with E-state index in [9.17, 15) is 0 Å². The molecule has 82 heavy (non-hydrogen) atoms. The third-order valence-electron chi connectivity index (χ3n) is 18.2. The van der Waals surface area contributed by atoms with Crippen molar-refractivity contribution in [3.05, 3.63) is 290 Å². The molecule has 0 spiro atoms. The summed E-state index contributed by atoms with van der Waals surface area (Å²) in [5.74, 6) is 0. The Hall–Kier alpha value is -10.4. The van der Waals surface area contributed by atoms with E-state index in [1.165, 1.54) is 188 Å². The zero-order valence-electron chi connectivity index (χ0n) is 45.6. The summed E-state index contributed by atoms with van der Waals surface area (Å²) in [6.07, 6.45) is 0. The first-order chi connectivity index (χ1) is 40.6. The van der Waals surface area contributed by atoms with Gasteiger partial charge in [0.15, 0.2) is 0 Å². The molecule has 0 aromatic heterocycles. The number of hydrogen-bond donors (Lipinski definition) is 0. The van der Waals surface area contributed by atoms with Crippen LogP contribution in [-0.2, 0) is 0 Å². The maximum absolute atomic E-state index is 2.48. The second-order valence-corrected chi connectivity index (χ2v) is 22.5. The van der Waals surface area contributed by atoms with Crippen molar-refractivity contribution in [1.29, 1.82) is 0 Å². The molecule has 0 heterocycles. The molecule has 2 aliphatic rings. The van der Waals surface area contributed by atoms with Crippen molar-refractivity contribution < 1.29 is 0 Å². The number of hydrogen-bond acceptors (Lipinski definition) is 0. The third kappa shape index (κ3) is 6.55. The highest BCUT2D eigenvalue weighted by Crippen LogP contribution is 2.65. The Morgan fingerprint density at radius 3 is 0.585 bits per heavy atom. The summed E-state index contributed by atoms with van der Waals surface area (Å²) in [4.78, 5) is 0. The quantitative estimate of drug-likeness (QED) is 0.105. The molecule has 0 radical (unpaired) electrons. The zero-order chi connectivity index (χ0) is 54.2. The van der Waals surface area contributed by atoms with Gasteiger partial charge in [-0.2, -0.15) is 0 Å². The average molecular weight is 1040 g/mol. The average Bonchev–Trinajstić information content (AvgIpc) is 1.78. The Bertz CT molecular complexity index is 4750. The van der Waals surface area contributed by atoms with Gasteiger partial charge in [-0.15, -0.1) is 0 Å². The van der Waals surface area contributed by atoms with Crippen LogP contribution in [0.15, 0.2) is 279 Å². The number of benzene rings is 15. The highest BCUT2D eigenvalue weighted by atomic mass is 14.4. The Balaban J connectivity index is 1.03. The molecule has 0 fully saturated rings. The maximum atomic E-state index is 2.48. The number of rotatable bonds is 8. The molecule has 0 saturated carbocycles. The van der Waals surface area contributed by atoms with Crippen molar-refractivity contribution in [2.45, 2.75) is 13.8 Å². The van der Waals surface area contributed by atoms with E-state index in [2.05, 4.69) is 293 Å². The van der Waals surface area contributed by atoms with Crippen LogP contribution in [0.2, 0.25) is 0 Å². The van der Waals surface area contributed by atoms with Crippen LogP contribution < -0.4 is 0 Å². The molecule has 15 aromatic carbocycles. The van der Waals surface area contributed by atoms with Gasteiger partial charge >= 0.3 is 0 Å². The molecule has 0 N–H and O–H groups in total. The lowest BCUT2D eigenvalue weighted by Gasteiger charge is -2.26. The fraction of sp³-hybridized carbons (Fsp3) is 0.0244. The lowest BCUT2D eigenvalue weighted by atomic mass is 9.76. The molecule has 0 amide bonds. The lowest BCUT2D eigenvalue weighted by Crippen LogP contribution is -2.00. The summed E-state index contributed by atoms with van der Waals surface area (Å²) in [7, 11) is 0. The third-order valence-corrected chi connectivity index (χ3v) is 18.2. The summed E-state index contributed by atoms with van der Waals surface area (Å²) < 4.78 is 0. The Morgan fingerprint density at radius 1 is 0.146 bits per heavy atom. The monoisotopic (exact) mass is 1040 g/mol. The molecule has 380 valence electrons. The van der Waals surface area contributed by atoms with Gasteiger partial charge in [0.25, 0.3) is 0 Å². The molecule has 0 unspecified atom stereocenters. The van der Waals surface area contributed by atoms with Gasteiger partial charge in [0.05, 0.1) is 0 Å². The van der Waals surface area contributed by atoms with Crippen molar-refractivity contribution in [3.8, 4) is 134 Å². The maximum Gasteiger partial charge on any atom is -0.000708 e. The smallest absolute Gasteiger partial charge is 0.000708 e. The van der Waals surface area contributed by atoms with E-state index < -0.39 is 0 Å². The SMILES string of the molecule is Cc1ccccc1-c1c(-c2ccccc2)c(-c2ccccc2)c(-c2ccccc2)c2c1-c1ccc3c4ccc5c6c(ccc(c7ccc-2c1c73)c64)-c1c(-c2ccccc2C)c(-c2ccccc2)c(-c2ccccc2)c(-c2ccccc2)c1-5. The fourth-order valence-corrected chi connectivity index (χ4v) is 14.9. The highest BCUT2D eigenvalue weighted by molar-refractivity contribution is 6.42. The van der Waals surface area contributed by atoms with Crippen LogP contribution in [0.5, 0.6) is 0 Å². The number of fused-ring (bicyclic) bond motifs is 8. The molecular formula is C82H52. The van der Waals surface area contributed by atoms with E-state index in [-0.39, 0.29) is 0 Å². The Kier molecular flexibility index (Phi) is 10.2. The van der Waals surface area contributed by atoms with E-state index in [1.54, 1.807) is 0 Å². The molecule has 0 saturated heterocycles. The first kappa shape index (κ1) is 46.5. The largest absolute Gasteiger partial charge is 0.0622 e. The highest BCUT2D eigenvalue weighted by Gasteiger charge is 2.38. The van der Waals surface area contributed by atoms with Gasteiger partial charge in [-0.25, -0.2) is 0 Å². The van der Waals surface area contributed by atoms with Crippen molar-refractivity contribution in [1.82, 2.24) is 0 Å². The van der Waals surface area contributed by atoms with Crippen LogP contribution in [0, 0.1) is 13.8 Å². The molecule has 0 heteroatoms. The topological polar surface area (TPSA) is 0 Å². The first-order valence-corrected chi connectivity index (χ1v) is 28.8. The molecule has 2 aliphatic carbocycles. The van der Waals surface area contributed by atoms with Crippen molar-refractivity contribution >= 4 is 43.1 Å². The number of aryl methyl sites for hydroxylation is 2. The van der Waals surface area contributed by atoms with Crippen molar-refractivity contribution in [2.24, 2.45) is 0 Å². The van der Waals surface area contributed by atoms with Crippen LogP contribution in [0.4, 0.5) is 0 Å². The van der Waals surface area contributed by atoms with Gasteiger partial charge < -0.3 is 0 Å². The van der Waals surface area contributed by atoms with E-state index in [4.69, 9.17) is 0 Å². The van der Waals surface area contributed by atoms with Gasteiger partial charge in [0.1, 0.15) is 0 Å². The van der Waals surface area contributed by atoms with Crippen LogP contribution in [-0.4, -0.2) is 0 Å². The minimum Gasteiger partial charge on any atom is -0.0622 e. The first-order valence-electron chi connectivity index (χ1n) is 28.8. The van der Waals surface area contributed by atoms with Crippen LogP contribution >= 0.6 is 0 Å². The molecule has 0 atom stereocenters. The summed E-state index contributed by atoms with van der Waals surface area (Å²) in [5.41, 5.74) is 32.8. The van der Waals surface area contributed by atoms with Crippen molar-refractivity contribution in [2.75, 3.05) is 0 Å². The van der Waals surface area contributed by atoms with Crippen LogP contribution in [0.25, 0.3) is 177 Å². The van der Waals surface area contributed by atoms with Crippen molar-refractivity contribution in [3.63, 3.8) is 0 Å². The van der Waals surface area contributed by atoms with E-state index in [1.807, 2.05) is 0 Å². The summed E-state index contributed by atoms with van der Waals surface area (Å²) >= 11 is 0. The zero-order valence-corrected chi connectivity index (χ0v) is 45.6. The molecule has 0 bridgehead atoms. The summed E-state index contributed by atoms with van der Waals surface area (Å²) in [5, 5.41) is 10.5. The van der Waals surface area contributed by atoms with Crippen LogP contribution in [0.3, 0.4) is 0 Å². The Morgan fingerprint density at radius 2 is 0.341 bits per heavy atom. The van der Waals surface area contributed by atoms with E-state index >= 15 is 0 Å². The predicted octanol–water partition coefficient (Wildman–Crippen LogP) is 23.0. The standard InChI is InChI=1S/C82H52/c1-49-25-21-23-39-57(49)77-69(53-31-13-5-14-32-53)67(51-27-9-3-10-28-51)71(55-35-17-7-18-36-55)79-63-45-41-59-62-44-48-66-76-64(46-42-60(74(62)76)61-43-47-65(81(77)79)75(63)73(59)61)80-72(56-37-19-8-20-38-56)68(52-29-11-4-12-30-52)70(54-33-15-6-16-34-54)78(82(66)80)58-40-24-22-26-50(58)2/h3-48H,1-2H3. The Labute approximate surface area is 477 Å². The second kappa shape index (κ2) is 18.1. The molecular weight excluding hydrogens is 985 g/mol. The fourth-order valence-electron chi connectivity index (χ4n) is 14.9. The van der Waals surface area contributed by atoms with Gasteiger partial charge in [-0.1, -0.05) is 279 Å². The second-order valence-electron chi connectivity index (χ2n) is 22.5. The van der Waals surface area contributed by atoms with E-state index in [0.29, 0.717) is 0 Å².